The fourth-order valence-corrected chi connectivity index (χ4v) is 2.41. The molecule has 1 aliphatic rings. The van der Waals surface area contributed by atoms with E-state index in [-0.39, 0.29) is 10.8 Å². The van der Waals surface area contributed by atoms with E-state index in [0.717, 1.165) is 11.4 Å². The van der Waals surface area contributed by atoms with E-state index in [2.05, 4.69) is 41.5 Å². The number of aryl methyl sites for hydroxylation is 2. The van der Waals surface area contributed by atoms with Crippen molar-refractivity contribution in [2.24, 2.45) is 0 Å². The van der Waals surface area contributed by atoms with Crippen molar-refractivity contribution in [1.82, 2.24) is 9.97 Å². The van der Waals surface area contributed by atoms with Gasteiger partial charge in [-0.2, -0.15) is 0 Å². The van der Waals surface area contributed by atoms with Gasteiger partial charge < -0.3 is 0 Å². The Labute approximate surface area is 98.5 Å². The Morgan fingerprint density at radius 1 is 0.750 bits per heavy atom. The summed E-state index contributed by atoms with van der Waals surface area (Å²) >= 11 is 0. The van der Waals surface area contributed by atoms with Gasteiger partial charge in [0, 0.05) is 10.8 Å². The molecule has 0 aliphatic heterocycles. The highest BCUT2D eigenvalue weighted by molar-refractivity contribution is 5.33. The fourth-order valence-electron chi connectivity index (χ4n) is 2.41. The van der Waals surface area contributed by atoms with Crippen LogP contribution in [0.4, 0.5) is 0 Å². The molecule has 1 heterocycles. The Morgan fingerprint density at radius 2 is 1.06 bits per heavy atom. The Bertz CT molecular complexity index is 390. The smallest absolute Gasteiger partial charge is 0.0683 e. The highest BCUT2D eigenvalue weighted by Gasteiger charge is 2.39. The lowest BCUT2D eigenvalue weighted by atomic mass is 9.67. The van der Waals surface area contributed by atoms with Gasteiger partial charge in [-0.25, -0.2) is 0 Å². The molecular weight excluding hydrogens is 196 g/mol. The van der Waals surface area contributed by atoms with Crippen LogP contribution >= 0.6 is 0 Å². The van der Waals surface area contributed by atoms with Crippen LogP contribution in [0.1, 0.15) is 63.3 Å². The van der Waals surface area contributed by atoms with Crippen molar-refractivity contribution in [1.29, 1.82) is 0 Å². The summed E-state index contributed by atoms with van der Waals surface area (Å²) in [6, 6.07) is 0. The lowest BCUT2D eigenvalue weighted by molar-refractivity contribution is 0.313. The fraction of sp³-hybridized carbons (Fsp3) is 0.714. The molecule has 88 valence electrons. The van der Waals surface area contributed by atoms with E-state index < -0.39 is 0 Å². The molecule has 2 heteroatoms. The summed E-state index contributed by atoms with van der Waals surface area (Å²) in [4.78, 5) is 9.60. The second-order valence-electron chi connectivity index (χ2n) is 6.36. The normalized spacial score (nSPS) is 21.6. The zero-order valence-corrected chi connectivity index (χ0v) is 11.3. The van der Waals surface area contributed by atoms with E-state index in [0.29, 0.717) is 0 Å². The maximum atomic E-state index is 4.80. The van der Waals surface area contributed by atoms with E-state index in [9.17, 15) is 0 Å². The molecule has 2 rings (SSSR count). The summed E-state index contributed by atoms with van der Waals surface area (Å²) in [5, 5.41) is 0. The second kappa shape index (κ2) is 3.28. The van der Waals surface area contributed by atoms with Crippen molar-refractivity contribution in [3.63, 3.8) is 0 Å². The minimum absolute atomic E-state index is 0.177. The van der Waals surface area contributed by atoms with E-state index in [1.165, 1.54) is 24.2 Å². The molecule has 2 nitrogen and oxygen atoms in total. The standard InChI is InChI=1S/C14H22N2/c1-9-10(2)16-12-11(15-9)13(3,4)7-8-14(12,5)6/h7-8H2,1-6H3. The van der Waals surface area contributed by atoms with E-state index in [1.54, 1.807) is 0 Å². The highest BCUT2D eigenvalue weighted by atomic mass is 14.9. The van der Waals surface area contributed by atoms with Gasteiger partial charge in [0.25, 0.3) is 0 Å². The predicted molar refractivity (Wildman–Crippen MR) is 66.8 cm³/mol. The number of hydrogen-bond acceptors (Lipinski definition) is 2. The Kier molecular flexibility index (Phi) is 2.37. The van der Waals surface area contributed by atoms with Crippen LogP contribution < -0.4 is 0 Å². The number of nitrogens with zero attached hydrogens (tertiary/aromatic N) is 2. The monoisotopic (exact) mass is 218 g/mol. The van der Waals surface area contributed by atoms with Gasteiger partial charge >= 0.3 is 0 Å². The minimum Gasteiger partial charge on any atom is -0.254 e. The van der Waals surface area contributed by atoms with Crippen molar-refractivity contribution >= 4 is 0 Å². The summed E-state index contributed by atoms with van der Waals surface area (Å²) in [5.41, 5.74) is 4.93. The third-order valence-electron chi connectivity index (χ3n) is 3.96. The first-order chi connectivity index (χ1) is 7.24. The predicted octanol–water partition coefficient (Wildman–Crippen LogP) is 3.44. The maximum Gasteiger partial charge on any atom is 0.0683 e. The summed E-state index contributed by atoms with van der Waals surface area (Å²) in [6.07, 6.45) is 2.40. The van der Waals surface area contributed by atoms with Gasteiger partial charge in [0.05, 0.1) is 22.8 Å². The summed E-state index contributed by atoms with van der Waals surface area (Å²) in [6.45, 7) is 13.2. The van der Waals surface area contributed by atoms with Crippen molar-refractivity contribution in [2.45, 2.75) is 65.2 Å². The number of hydrogen-bond donors (Lipinski definition) is 0. The lowest BCUT2D eigenvalue weighted by Crippen LogP contribution is -2.36. The molecule has 0 saturated carbocycles. The average molecular weight is 218 g/mol. The Balaban J connectivity index is 2.70. The third kappa shape index (κ3) is 1.64. The molecule has 0 N–H and O–H groups in total. The number of aromatic nitrogens is 2. The SMILES string of the molecule is Cc1nc2c(nc1C)C(C)(C)CCC2(C)C. The van der Waals surface area contributed by atoms with E-state index in [4.69, 9.17) is 9.97 Å². The number of fused-ring (bicyclic) bond motifs is 1. The van der Waals surface area contributed by atoms with Crippen LogP contribution in [0, 0.1) is 13.8 Å². The second-order valence-corrected chi connectivity index (χ2v) is 6.36. The Morgan fingerprint density at radius 3 is 1.38 bits per heavy atom. The third-order valence-corrected chi connectivity index (χ3v) is 3.96. The van der Waals surface area contributed by atoms with Gasteiger partial charge in [-0.1, -0.05) is 27.7 Å². The van der Waals surface area contributed by atoms with Gasteiger partial charge in [-0.05, 0) is 26.7 Å². The summed E-state index contributed by atoms with van der Waals surface area (Å²) in [5.74, 6) is 0. The quantitative estimate of drug-likeness (QED) is 0.666. The lowest BCUT2D eigenvalue weighted by Gasteiger charge is -2.39. The summed E-state index contributed by atoms with van der Waals surface area (Å²) in [7, 11) is 0. The van der Waals surface area contributed by atoms with Crippen molar-refractivity contribution in [2.75, 3.05) is 0 Å². The zero-order chi connectivity index (χ0) is 12.1. The first kappa shape index (κ1) is 11.6. The molecule has 0 amide bonds. The van der Waals surface area contributed by atoms with Crippen LogP contribution in [0.2, 0.25) is 0 Å². The maximum absolute atomic E-state index is 4.80. The molecular formula is C14H22N2. The van der Waals surface area contributed by atoms with Crippen LogP contribution in [-0.2, 0) is 10.8 Å². The minimum atomic E-state index is 0.177. The molecule has 1 aromatic heterocycles. The van der Waals surface area contributed by atoms with Crippen LogP contribution in [0.15, 0.2) is 0 Å². The number of rotatable bonds is 0. The Hall–Kier alpha value is -0.920. The molecule has 1 aromatic rings. The average Bonchev–Trinajstić information content (AvgIpc) is 2.17. The van der Waals surface area contributed by atoms with E-state index in [1.807, 2.05) is 0 Å². The molecule has 0 aromatic carbocycles. The first-order valence-corrected chi connectivity index (χ1v) is 6.10. The van der Waals surface area contributed by atoms with Crippen molar-refractivity contribution < 1.29 is 0 Å². The molecule has 16 heavy (non-hydrogen) atoms. The van der Waals surface area contributed by atoms with Crippen molar-refractivity contribution in [3.8, 4) is 0 Å². The van der Waals surface area contributed by atoms with Gasteiger partial charge in [0.15, 0.2) is 0 Å². The molecule has 0 saturated heterocycles. The molecule has 0 atom stereocenters. The molecule has 0 unspecified atom stereocenters. The van der Waals surface area contributed by atoms with Crippen LogP contribution in [0.25, 0.3) is 0 Å². The van der Waals surface area contributed by atoms with Gasteiger partial charge in [-0.3, -0.25) is 9.97 Å². The van der Waals surface area contributed by atoms with Gasteiger partial charge in [0.1, 0.15) is 0 Å². The topological polar surface area (TPSA) is 25.8 Å². The molecule has 1 aliphatic carbocycles. The van der Waals surface area contributed by atoms with Crippen molar-refractivity contribution in [3.05, 3.63) is 22.8 Å². The zero-order valence-electron chi connectivity index (χ0n) is 11.3. The van der Waals surface area contributed by atoms with Crippen LogP contribution in [0.3, 0.4) is 0 Å². The molecule has 0 bridgehead atoms. The van der Waals surface area contributed by atoms with Crippen LogP contribution in [-0.4, -0.2) is 9.97 Å². The first-order valence-electron chi connectivity index (χ1n) is 6.10. The van der Waals surface area contributed by atoms with Crippen LogP contribution in [0.5, 0.6) is 0 Å². The molecule has 0 spiro atoms. The van der Waals surface area contributed by atoms with E-state index >= 15 is 0 Å². The summed E-state index contributed by atoms with van der Waals surface area (Å²) < 4.78 is 0. The molecule has 0 fully saturated rings. The van der Waals surface area contributed by atoms with Gasteiger partial charge in [0.2, 0.25) is 0 Å². The van der Waals surface area contributed by atoms with Gasteiger partial charge in [-0.15, -0.1) is 0 Å². The highest BCUT2D eigenvalue weighted by Crippen LogP contribution is 2.43. The largest absolute Gasteiger partial charge is 0.254 e. The molecule has 0 radical (unpaired) electrons.